The number of aromatic amines is 1. The molecule has 9 aromatic rings. The number of carbonyl (C=O) groups excluding carboxylic acids is 2. The first-order valence-corrected chi connectivity index (χ1v) is 29.2. The maximum Gasteiger partial charge on any atom is 0.435 e. The largest absolute Gasteiger partial charge is 0.477 e. The third kappa shape index (κ3) is 20.0. The summed E-state index contributed by atoms with van der Waals surface area (Å²) in [6.07, 6.45) is 10.8. The molecule has 5 aromatic heterocycles. The van der Waals surface area contributed by atoms with Crippen LogP contribution in [0.5, 0.6) is 0 Å². The van der Waals surface area contributed by atoms with Crippen LogP contribution in [0.2, 0.25) is 5.28 Å². The van der Waals surface area contributed by atoms with Crippen LogP contribution in [0.15, 0.2) is 142 Å². The second-order valence-corrected chi connectivity index (χ2v) is 23.5. The average molecular weight is 1290 g/mol. The molecule has 8 heterocycles. The number of ether oxygens (including phenoxy) is 2. The first kappa shape index (κ1) is 63.3. The highest BCUT2D eigenvalue weighted by Gasteiger charge is 2.21. The molecule has 0 radical (unpaired) electrons. The number of nitrogens with two attached hydrogens (primary N) is 1. The summed E-state index contributed by atoms with van der Waals surface area (Å²) in [6.45, 7) is 13.8. The fourth-order valence-electron chi connectivity index (χ4n) is 8.20. The monoisotopic (exact) mass is 1290 g/mol. The number of thiophene rings is 1. The van der Waals surface area contributed by atoms with Crippen LogP contribution in [0, 0.1) is 6.92 Å². The van der Waals surface area contributed by atoms with Gasteiger partial charge in [-0.25, -0.2) is 29.5 Å². The van der Waals surface area contributed by atoms with E-state index < -0.39 is 17.7 Å². The summed E-state index contributed by atoms with van der Waals surface area (Å²) in [5.74, 6) is 1.34. The first-order chi connectivity index (χ1) is 39.7. The molecule has 0 saturated carbocycles. The number of H-pyrrole nitrogens is 1. The zero-order valence-corrected chi connectivity index (χ0v) is 51.7. The molecule has 7 N–H and O–H groups in total. The van der Waals surface area contributed by atoms with Gasteiger partial charge in [0.05, 0.1) is 30.6 Å². The van der Waals surface area contributed by atoms with E-state index in [2.05, 4.69) is 113 Å². The highest BCUT2D eigenvalue weighted by atomic mass is 79.9. The summed E-state index contributed by atoms with van der Waals surface area (Å²) in [7, 11) is 4.20. The molecule has 0 bridgehead atoms. The van der Waals surface area contributed by atoms with Gasteiger partial charge in [0.15, 0.2) is 5.78 Å². The molecule has 0 amide bonds. The van der Waals surface area contributed by atoms with Gasteiger partial charge in [-0.05, 0) is 168 Å². The number of allylic oxidation sites excluding steroid dienone is 1. The zero-order valence-electron chi connectivity index (χ0n) is 47.0. The topological polar surface area (TPSA) is 253 Å². The van der Waals surface area contributed by atoms with E-state index in [0.717, 1.165) is 90.6 Å². The number of hydrogen-bond donors (Lipinski definition) is 6. The van der Waals surface area contributed by atoms with Gasteiger partial charge in [0, 0.05) is 92.1 Å². The van der Waals surface area contributed by atoms with Crippen molar-refractivity contribution in [3.05, 3.63) is 164 Å². The van der Waals surface area contributed by atoms with Crippen molar-refractivity contribution in [1.82, 2.24) is 44.9 Å². The number of aromatic carboxylic acids is 1. The lowest BCUT2D eigenvalue weighted by Crippen LogP contribution is -2.27. The minimum Gasteiger partial charge on any atom is -0.477 e. The van der Waals surface area contributed by atoms with Crippen molar-refractivity contribution in [2.45, 2.75) is 65.1 Å². The van der Waals surface area contributed by atoms with Gasteiger partial charge in [0.2, 0.25) is 5.28 Å². The van der Waals surface area contributed by atoms with E-state index in [0.29, 0.717) is 27.9 Å². The van der Waals surface area contributed by atoms with Crippen LogP contribution in [0.25, 0.3) is 37.5 Å². The fourth-order valence-corrected chi connectivity index (χ4v) is 10.2. The summed E-state index contributed by atoms with van der Waals surface area (Å²) >= 11 is 13.8. The normalized spacial score (nSPS) is 15.2. The van der Waals surface area contributed by atoms with E-state index >= 15 is 0 Å². The molecule has 83 heavy (non-hydrogen) atoms. The van der Waals surface area contributed by atoms with Crippen LogP contribution in [-0.4, -0.2) is 133 Å². The molecule has 23 heteroatoms. The Morgan fingerprint density at radius 2 is 1.57 bits per heavy atom. The highest BCUT2D eigenvalue weighted by Crippen LogP contribution is 2.29. The molecule has 2 atom stereocenters. The van der Waals surface area contributed by atoms with Gasteiger partial charge in [-0.15, -0.1) is 11.3 Å². The zero-order chi connectivity index (χ0) is 59.6. The lowest BCUT2D eigenvalue weighted by Gasteiger charge is -2.19. The smallest absolute Gasteiger partial charge is 0.435 e. The van der Waals surface area contributed by atoms with Crippen molar-refractivity contribution >= 4 is 139 Å². The Kier molecular flexibility index (Phi) is 23.1. The number of aliphatic imine (C=N–C) groups is 1. The molecule has 0 spiro atoms. The number of likely N-dealkylation sites (N-methyl/N-ethyl adjacent to an activating group) is 2. The van der Waals surface area contributed by atoms with Crippen molar-refractivity contribution in [2.75, 3.05) is 57.6 Å². The Morgan fingerprint density at radius 1 is 0.867 bits per heavy atom. The van der Waals surface area contributed by atoms with Crippen molar-refractivity contribution in [3.8, 4) is 0 Å². The standard InChI is InChI=1S/C16H16ClN5O2.C15H14N4.C10H8BrNO.C9H5BrO2S.C6H14N2.C4H9NO/c1-16(2,3)24-15(23)22-12-5-4-11(8-10(12)9-19-22)20-13-6-7-18-14(17)21-13;1-11-17-9-7-15(18-11)19-14-4-2-12(3-5-14)13-6-8-16-10-13;1-6(13)9-4-7-2-3-8(11)5-10(7)12-9;10-6-2-1-5-3-8(9(11)12)13-7(5)4-6;1-7-6-3-4-8(2)5-6;5-4-1-2-6-3-4/h4-9H,1-3H3,(H,18,20,21);2-7,9-10H,8H2,1H3,(H,17,18,19);2-5,12H,1H3;1-4H,(H,11,12);6-7H,3-5H2,1-2H3;4H,1-3,5H2. The van der Waals surface area contributed by atoms with Gasteiger partial charge in [-0.3, -0.25) is 9.79 Å². The maximum absolute atomic E-state index is 12.2. The molecule has 19 nitrogen and oxygen atoms in total. The van der Waals surface area contributed by atoms with Crippen molar-refractivity contribution in [2.24, 2.45) is 10.7 Å². The molecule has 434 valence electrons. The van der Waals surface area contributed by atoms with Gasteiger partial charge < -0.3 is 46.1 Å². The molecule has 0 aliphatic carbocycles. The number of carbonyl (C=O) groups is 3. The number of benzene rings is 4. The second-order valence-electron chi connectivity index (χ2n) is 20.2. The number of Topliss-reactive ketones (excluding diaryl/α,β-unsaturated/α-hetero) is 1. The van der Waals surface area contributed by atoms with Gasteiger partial charge in [0.25, 0.3) is 0 Å². The summed E-state index contributed by atoms with van der Waals surface area (Å²) < 4.78 is 14.5. The number of halogens is 3. The Morgan fingerprint density at radius 3 is 2.16 bits per heavy atom. The molecule has 3 aliphatic rings. The number of hydrogen-bond acceptors (Lipinski definition) is 17. The molecule has 3 aliphatic heterocycles. The molecule has 4 aromatic carbocycles. The lowest BCUT2D eigenvalue weighted by molar-refractivity contribution is 0.0522. The third-order valence-electron chi connectivity index (χ3n) is 12.4. The molecular weight excluding hydrogens is 1230 g/mol. The Balaban J connectivity index is 0.000000151. The van der Waals surface area contributed by atoms with Gasteiger partial charge in [-0.1, -0.05) is 62.2 Å². The minimum atomic E-state index is -0.864. The third-order valence-corrected chi connectivity index (χ3v) is 14.6. The molecule has 2 saturated heterocycles. The van der Waals surface area contributed by atoms with Crippen LogP contribution in [-0.2, 0) is 9.47 Å². The number of fused-ring (bicyclic) bond motifs is 3. The van der Waals surface area contributed by atoms with Crippen LogP contribution in [0.4, 0.5) is 27.8 Å². The average Bonchev–Trinajstić information content (AvgIpc) is 4.46. The summed E-state index contributed by atoms with van der Waals surface area (Å²) in [5.41, 5.74) is 11.3. The lowest BCUT2D eigenvalue weighted by atomic mass is 10.1. The summed E-state index contributed by atoms with van der Waals surface area (Å²) in [4.78, 5) is 60.2. The second kappa shape index (κ2) is 30.3. The van der Waals surface area contributed by atoms with E-state index in [-0.39, 0.29) is 11.1 Å². The van der Waals surface area contributed by atoms with E-state index in [4.69, 9.17) is 31.9 Å². The molecule has 2 fully saturated rings. The van der Waals surface area contributed by atoms with E-state index in [1.165, 1.54) is 46.7 Å². The van der Waals surface area contributed by atoms with Gasteiger partial charge >= 0.3 is 12.1 Å². The van der Waals surface area contributed by atoms with Crippen molar-refractivity contribution < 1.29 is 29.0 Å². The number of carboxylic acids is 1. The quantitative estimate of drug-likeness (QED) is 0.0611. The van der Waals surface area contributed by atoms with Crippen LogP contribution in [0.3, 0.4) is 0 Å². The maximum atomic E-state index is 12.2. The van der Waals surface area contributed by atoms with Crippen molar-refractivity contribution in [3.63, 3.8) is 0 Å². The van der Waals surface area contributed by atoms with Gasteiger partial charge in [0.1, 0.15) is 27.9 Å². The number of anilines is 4. The predicted molar refractivity (Wildman–Crippen MR) is 340 cm³/mol. The van der Waals surface area contributed by atoms with E-state index in [1.54, 1.807) is 43.7 Å². The van der Waals surface area contributed by atoms with E-state index in [1.807, 2.05) is 114 Å². The molecular formula is C60H66Br2ClN13O6S. The number of rotatable bonds is 8. The summed E-state index contributed by atoms with van der Waals surface area (Å²) in [6, 6.07) is 33.5. The number of carboxylic acid groups (broad SMARTS) is 1. The Bertz CT molecular complexity index is 3620. The number of aryl methyl sites for hydroxylation is 1. The minimum absolute atomic E-state index is 0.0623. The number of ketones is 1. The number of likely N-dealkylation sites (tertiary alicyclic amines) is 1. The first-order valence-electron chi connectivity index (χ1n) is 26.4. The molecule has 2 unspecified atom stereocenters. The van der Waals surface area contributed by atoms with Crippen LogP contribution < -0.4 is 21.7 Å². The number of nitrogens with zero attached hydrogens (tertiary/aromatic N) is 8. The SMILES string of the molecule is CC(=O)c1cc2ccc(Br)cc2[nH]1.CC(C)(C)OC(=O)n1ncc2cc(Nc3ccnc(Cl)n3)ccc21.CNC1CCN(C)C1.Cc1nccc(Nc2ccc(C3=CCN=C3)cc2)n1.NC1CCOC1.O=C(O)c1cc2ccc(Br)cc2s1. The number of nitrogens with one attached hydrogen (secondary N) is 4. The van der Waals surface area contributed by atoms with Crippen molar-refractivity contribution in [1.29, 1.82) is 0 Å². The highest BCUT2D eigenvalue weighted by molar-refractivity contribution is 9.10. The van der Waals surface area contributed by atoms with E-state index in [9.17, 15) is 14.4 Å². The van der Waals surface area contributed by atoms with Crippen LogP contribution in [0.1, 0.15) is 72.1 Å². The van der Waals surface area contributed by atoms with Gasteiger partial charge in [-0.2, -0.15) is 9.78 Å². The number of aromatic nitrogens is 7. The summed E-state index contributed by atoms with van der Waals surface area (Å²) in [5, 5.41) is 25.5. The van der Waals surface area contributed by atoms with Crippen LogP contribution >= 0.6 is 54.8 Å². The molecule has 12 rings (SSSR count). The Labute approximate surface area is 507 Å². The fraction of sp³-hybridized carbons (Fsp3) is 0.283. The predicted octanol–water partition coefficient (Wildman–Crippen LogP) is 13.1. The Hall–Kier alpha value is -7.28.